The van der Waals surface area contributed by atoms with Gasteiger partial charge in [0.1, 0.15) is 0 Å². The van der Waals surface area contributed by atoms with E-state index in [4.69, 9.17) is 0 Å². The Morgan fingerprint density at radius 1 is 0.818 bits per heavy atom. The zero-order valence-electron chi connectivity index (χ0n) is 15.0. The van der Waals surface area contributed by atoms with Crippen molar-refractivity contribution in [1.29, 1.82) is 0 Å². The van der Waals surface area contributed by atoms with Crippen LogP contribution in [0.5, 0.6) is 0 Å². The van der Waals surface area contributed by atoms with E-state index in [-0.39, 0.29) is 36.5 Å². The van der Waals surface area contributed by atoms with Crippen LogP contribution in [0.15, 0.2) is 0 Å². The highest BCUT2D eigenvalue weighted by molar-refractivity contribution is 5.87. The summed E-state index contributed by atoms with van der Waals surface area (Å²) in [4.78, 5) is 40.6. The molecule has 128 valence electrons. The Morgan fingerprint density at radius 2 is 1.36 bits per heavy atom. The van der Waals surface area contributed by atoms with Crippen LogP contribution in [0, 0.1) is 5.92 Å². The van der Waals surface area contributed by atoms with Gasteiger partial charge in [-0.1, -0.05) is 13.8 Å². The van der Waals surface area contributed by atoms with Crippen molar-refractivity contribution in [3.8, 4) is 0 Å². The van der Waals surface area contributed by atoms with Gasteiger partial charge >= 0.3 is 0 Å². The molecule has 0 aromatic rings. The van der Waals surface area contributed by atoms with Crippen LogP contribution < -0.4 is 0 Å². The lowest BCUT2D eigenvalue weighted by atomic mass is 10.1. The van der Waals surface area contributed by atoms with Gasteiger partial charge < -0.3 is 9.80 Å². The maximum atomic E-state index is 12.0. The summed E-state index contributed by atoms with van der Waals surface area (Å²) in [5.74, 6) is -0.166. The number of carbonyl (C=O) groups excluding carboxylic acids is 3. The molecule has 0 heterocycles. The summed E-state index contributed by atoms with van der Waals surface area (Å²) in [5, 5.41) is 0. The first kappa shape index (κ1) is 20.6. The van der Waals surface area contributed by atoms with Gasteiger partial charge in [-0.05, 0) is 20.9 Å². The van der Waals surface area contributed by atoms with Crippen molar-refractivity contribution in [2.24, 2.45) is 5.92 Å². The second-order valence-corrected chi connectivity index (χ2v) is 6.44. The molecule has 0 aliphatic heterocycles. The van der Waals surface area contributed by atoms with E-state index in [2.05, 4.69) is 0 Å². The van der Waals surface area contributed by atoms with Crippen LogP contribution in [0.4, 0.5) is 0 Å². The van der Waals surface area contributed by atoms with Crippen molar-refractivity contribution in [2.75, 3.05) is 40.8 Å². The third-order valence-electron chi connectivity index (χ3n) is 3.82. The van der Waals surface area contributed by atoms with Crippen molar-refractivity contribution >= 4 is 17.6 Å². The first-order valence-corrected chi connectivity index (χ1v) is 7.77. The molecule has 0 rings (SSSR count). The Bertz CT molecular complexity index is 394. The van der Waals surface area contributed by atoms with Gasteiger partial charge in [0.25, 0.3) is 0 Å². The minimum Gasteiger partial charge on any atom is -0.344 e. The smallest absolute Gasteiger partial charge is 0.236 e. The molecule has 0 bridgehead atoms. The maximum Gasteiger partial charge on any atom is 0.236 e. The van der Waals surface area contributed by atoms with Crippen molar-refractivity contribution < 1.29 is 14.4 Å². The third kappa shape index (κ3) is 7.54. The van der Waals surface area contributed by atoms with E-state index in [1.807, 2.05) is 39.6 Å². The number of likely N-dealkylation sites (N-methyl/N-ethyl adjacent to an activating group) is 3. The highest BCUT2D eigenvalue weighted by atomic mass is 16.2. The van der Waals surface area contributed by atoms with E-state index in [9.17, 15) is 14.4 Å². The van der Waals surface area contributed by atoms with Gasteiger partial charge in [-0.15, -0.1) is 0 Å². The number of nitrogens with zero attached hydrogens (tertiary/aromatic N) is 3. The van der Waals surface area contributed by atoms with Crippen LogP contribution in [0.2, 0.25) is 0 Å². The zero-order chi connectivity index (χ0) is 17.4. The molecule has 0 radical (unpaired) electrons. The predicted molar refractivity (Wildman–Crippen MR) is 87.5 cm³/mol. The molecule has 0 aromatic carbocycles. The van der Waals surface area contributed by atoms with Crippen LogP contribution in [-0.2, 0) is 14.4 Å². The number of hydrogen-bond acceptors (Lipinski definition) is 4. The molecule has 22 heavy (non-hydrogen) atoms. The summed E-state index contributed by atoms with van der Waals surface area (Å²) in [6.07, 6.45) is 0.232. The molecule has 0 unspecified atom stereocenters. The Kier molecular flexibility index (Phi) is 8.94. The second-order valence-electron chi connectivity index (χ2n) is 6.44. The Balaban J connectivity index is 4.23. The molecule has 0 N–H and O–H groups in total. The lowest BCUT2D eigenvalue weighted by Gasteiger charge is -2.25. The van der Waals surface area contributed by atoms with Crippen LogP contribution in [0.1, 0.15) is 34.1 Å². The number of rotatable bonds is 9. The molecule has 0 spiro atoms. The number of ketones is 1. The minimum atomic E-state index is -0.120. The quantitative estimate of drug-likeness (QED) is 0.633. The largest absolute Gasteiger partial charge is 0.344 e. The average molecular weight is 313 g/mol. The highest BCUT2D eigenvalue weighted by Gasteiger charge is 2.18. The summed E-state index contributed by atoms with van der Waals surface area (Å²) in [6.45, 7) is 8.52. The lowest BCUT2D eigenvalue weighted by molar-refractivity contribution is -0.136. The molecule has 0 saturated carbocycles. The zero-order valence-corrected chi connectivity index (χ0v) is 15.0. The molecule has 0 fully saturated rings. The molecular formula is C16H31N3O3. The van der Waals surface area contributed by atoms with Gasteiger partial charge in [0.2, 0.25) is 11.8 Å². The summed E-state index contributed by atoms with van der Waals surface area (Å²) in [7, 11) is 5.22. The van der Waals surface area contributed by atoms with E-state index in [1.165, 1.54) is 4.90 Å². The monoisotopic (exact) mass is 313 g/mol. The first-order valence-electron chi connectivity index (χ1n) is 7.77. The van der Waals surface area contributed by atoms with E-state index < -0.39 is 0 Å². The maximum absolute atomic E-state index is 12.0. The first-order chi connectivity index (χ1) is 10.1. The van der Waals surface area contributed by atoms with Gasteiger partial charge in [0, 0.05) is 39.0 Å². The van der Waals surface area contributed by atoms with Crippen LogP contribution in [-0.4, -0.2) is 79.1 Å². The van der Waals surface area contributed by atoms with Crippen LogP contribution in [0.25, 0.3) is 0 Å². The molecular weight excluding hydrogens is 282 g/mol. The second kappa shape index (κ2) is 9.56. The highest BCUT2D eigenvalue weighted by Crippen LogP contribution is 2.01. The van der Waals surface area contributed by atoms with Gasteiger partial charge in [0.15, 0.2) is 5.78 Å². The topological polar surface area (TPSA) is 60.9 Å². The minimum absolute atomic E-state index is 0.00934. The molecule has 6 nitrogen and oxygen atoms in total. The molecule has 6 heteroatoms. The Hall–Kier alpha value is -1.43. The van der Waals surface area contributed by atoms with E-state index >= 15 is 0 Å². The number of carbonyl (C=O) groups is 3. The van der Waals surface area contributed by atoms with E-state index in [0.29, 0.717) is 19.1 Å². The van der Waals surface area contributed by atoms with Gasteiger partial charge in [-0.3, -0.25) is 19.3 Å². The molecule has 0 aliphatic carbocycles. The molecule has 0 saturated heterocycles. The van der Waals surface area contributed by atoms with Gasteiger partial charge in [-0.2, -0.15) is 0 Å². The average Bonchev–Trinajstić information content (AvgIpc) is 2.43. The van der Waals surface area contributed by atoms with Crippen molar-refractivity contribution in [3.05, 3.63) is 0 Å². The summed E-state index contributed by atoms with van der Waals surface area (Å²) >= 11 is 0. The summed E-state index contributed by atoms with van der Waals surface area (Å²) in [6, 6.07) is 0.298. The number of amides is 2. The molecule has 2 amide bonds. The predicted octanol–water partition coefficient (Wildman–Crippen LogP) is 0.859. The summed E-state index contributed by atoms with van der Waals surface area (Å²) in [5.41, 5.74) is 0. The fourth-order valence-corrected chi connectivity index (χ4v) is 1.60. The van der Waals surface area contributed by atoms with Crippen molar-refractivity contribution in [3.63, 3.8) is 0 Å². The fraction of sp³-hybridized carbons (Fsp3) is 0.812. The fourth-order valence-electron chi connectivity index (χ4n) is 1.60. The van der Waals surface area contributed by atoms with E-state index in [1.54, 1.807) is 19.0 Å². The third-order valence-corrected chi connectivity index (χ3v) is 3.82. The van der Waals surface area contributed by atoms with Crippen LogP contribution in [0.3, 0.4) is 0 Å². The van der Waals surface area contributed by atoms with Crippen LogP contribution >= 0.6 is 0 Å². The normalized spacial score (nSPS) is 11.2. The van der Waals surface area contributed by atoms with Gasteiger partial charge in [-0.25, -0.2) is 0 Å². The number of Topliss-reactive ketones (excluding diaryl/α,β-unsaturated/α-hetero) is 1. The molecule has 0 aromatic heterocycles. The Morgan fingerprint density at radius 3 is 1.82 bits per heavy atom. The molecule has 0 atom stereocenters. The molecule has 0 aliphatic rings. The van der Waals surface area contributed by atoms with Crippen molar-refractivity contribution in [2.45, 2.75) is 40.2 Å². The number of hydrogen-bond donors (Lipinski definition) is 0. The summed E-state index contributed by atoms with van der Waals surface area (Å²) < 4.78 is 0. The van der Waals surface area contributed by atoms with Crippen molar-refractivity contribution in [1.82, 2.24) is 14.7 Å². The SMILES string of the molecule is CC(C)C(=O)CN(C)C(=O)CCN(C)C(=O)CN(C)C(C)C. The standard InChI is InChI=1S/C16H31N3O3/c1-12(2)14(20)10-19(7)15(21)8-9-17(5)16(22)11-18(6)13(3)4/h12-13H,8-11H2,1-7H3. The lowest BCUT2D eigenvalue weighted by Crippen LogP contribution is -2.41. The Labute approximate surface area is 134 Å². The van der Waals surface area contributed by atoms with E-state index in [0.717, 1.165) is 0 Å². The van der Waals surface area contributed by atoms with Gasteiger partial charge in [0.05, 0.1) is 13.1 Å².